The van der Waals surface area contributed by atoms with Crippen molar-refractivity contribution in [1.29, 1.82) is 5.26 Å². The van der Waals surface area contributed by atoms with Gasteiger partial charge in [0.1, 0.15) is 6.07 Å². The zero-order valence-electron chi connectivity index (χ0n) is 11.1. The van der Waals surface area contributed by atoms with Gasteiger partial charge < -0.3 is 5.32 Å². The van der Waals surface area contributed by atoms with E-state index in [-0.39, 0.29) is 5.69 Å². The summed E-state index contributed by atoms with van der Waals surface area (Å²) >= 11 is 0. The van der Waals surface area contributed by atoms with Gasteiger partial charge in [-0.3, -0.25) is 4.68 Å². The van der Waals surface area contributed by atoms with Crippen molar-refractivity contribution in [3.63, 3.8) is 0 Å². The molecule has 102 valence electrons. The monoisotopic (exact) mass is 276 g/mol. The van der Waals surface area contributed by atoms with E-state index >= 15 is 0 Å². The number of nitrogens with zero attached hydrogens (tertiary/aromatic N) is 5. The summed E-state index contributed by atoms with van der Waals surface area (Å²) in [6, 6.07) is 13.9. The predicted octanol–water partition coefficient (Wildman–Crippen LogP) is 2.34. The first-order valence-corrected chi connectivity index (χ1v) is 6.40. The standard InChI is InChI=1S/C15H12N6/c16-10-13-15(18-8-7-17-13)19-14-6-9-21(20-14)11-12-4-2-1-3-5-12/h1-9H,11H2,(H,18,19,20). The van der Waals surface area contributed by atoms with Crippen molar-refractivity contribution in [1.82, 2.24) is 19.7 Å². The van der Waals surface area contributed by atoms with Crippen molar-refractivity contribution in [3.8, 4) is 6.07 Å². The van der Waals surface area contributed by atoms with Gasteiger partial charge in [-0.2, -0.15) is 10.4 Å². The Morgan fingerprint density at radius 2 is 1.90 bits per heavy atom. The van der Waals surface area contributed by atoms with Crippen molar-refractivity contribution in [2.45, 2.75) is 6.54 Å². The number of rotatable bonds is 4. The van der Waals surface area contributed by atoms with Crippen LogP contribution in [0.15, 0.2) is 55.0 Å². The highest BCUT2D eigenvalue weighted by Crippen LogP contribution is 2.14. The lowest BCUT2D eigenvalue weighted by molar-refractivity contribution is 0.689. The van der Waals surface area contributed by atoms with Crippen LogP contribution in [0.3, 0.4) is 0 Å². The highest BCUT2D eigenvalue weighted by Gasteiger charge is 2.06. The van der Waals surface area contributed by atoms with Crippen LogP contribution < -0.4 is 5.32 Å². The minimum Gasteiger partial charge on any atom is -0.321 e. The molecule has 3 rings (SSSR count). The van der Waals surface area contributed by atoms with Crippen LogP contribution in [0.4, 0.5) is 11.6 Å². The molecule has 6 nitrogen and oxygen atoms in total. The Labute approximate surface area is 121 Å². The quantitative estimate of drug-likeness (QED) is 0.791. The normalized spacial score (nSPS) is 10.0. The van der Waals surface area contributed by atoms with Crippen molar-refractivity contribution >= 4 is 11.6 Å². The van der Waals surface area contributed by atoms with E-state index in [9.17, 15) is 0 Å². The van der Waals surface area contributed by atoms with Gasteiger partial charge >= 0.3 is 0 Å². The topological polar surface area (TPSA) is 79.4 Å². The predicted molar refractivity (Wildman–Crippen MR) is 77.8 cm³/mol. The van der Waals surface area contributed by atoms with E-state index in [4.69, 9.17) is 5.26 Å². The fourth-order valence-corrected chi connectivity index (χ4v) is 1.92. The first-order valence-electron chi connectivity index (χ1n) is 6.40. The molecule has 0 saturated heterocycles. The summed E-state index contributed by atoms with van der Waals surface area (Å²) in [5.74, 6) is 1.04. The van der Waals surface area contributed by atoms with E-state index in [0.29, 0.717) is 18.2 Å². The summed E-state index contributed by atoms with van der Waals surface area (Å²) in [5, 5.41) is 16.4. The molecule has 3 aromatic rings. The number of hydrogen-bond donors (Lipinski definition) is 1. The molecule has 1 N–H and O–H groups in total. The van der Waals surface area contributed by atoms with Gasteiger partial charge in [-0.1, -0.05) is 30.3 Å². The van der Waals surface area contributed by atoms with Crippen LogP contribution in [0.1, 0.15) is 11.3 Å². The molecule has 0 radical (unpaired) electrons. The minimum absolute atomic E-state index is 0.245. The van der Waals surface area contributed by atoms with Crippen molar-refractivity contribution < 1.29 is 0 Å². The first kappa shape index (κ1) is 12.8. The number of nitrogens with one attached hydrogen (secondary N) is 1. The smallest absolute Gasteiger partial charge is 0.183 e. The Hall–Kier alpha value is -3.20. The summed E-state index contributed by atoms with van der Waals surface area (Å²) in [7, 11) is 0. The van der Waals surface area contributed by atoms with Crippen molar-refractivity contribution in [2.75, 3.05) is 5.32 Å². The first-order chi connectivity index (χ1) is 10.3. The second-order valence-electron chi connectivity index (χ2n) is 4.37. The SMILES string of the molecule is N#Cc1nccnc1Nc1ccn(Cc2ccccc2)n1. The molecule has 0 saturated carbocycles. The summed E-state index contributed by atoms with van der Waals surface area (Å²) in [6.45, 7) is 0.689. The Kier molecular flexibility index (Phi) is 3.56. The average molecular weight is 276 g/mol. The van der Waals surface area contributed by atoms with E-state index in [2.05, 4.69) is 20.4 Å². The molecule has 1 aromatic carbocycles. The second-order valence-corrected chi connectivity index (χ2v) is 4.37. The molecule has 0 aliphatic heterocycles. The third-order valence-corrected chi connectivity index (χ3v) is 2.88. The van der Waals surface area contributed by atoms with E-state index in [0.717, 1.165) is 0 Å². The molecule has 0 fully saturated rings. The van der Waals surface area contributed by atoms with Crippen LogP contribution in [-0.4, -0.2) is 19.7 Å². The molecule has 0 aliphatic rings. The van der Waals surface area contributed by atoms with Gasteiger partial charge in [0.2, 0.25) is 0 Å². The molecule has 6 heteroatoms. The van der Waals surface area contributed by atoms with Gasteiger partial charge in [-0.25, -0.2) is 9.97 Å². The van der Waals surface area contributed by atoms with E-state index in [1.54, 1.807) is 0 Å². The number of nitriles is 1. The zero-order valence-corrected chi connectivity index (χ0v) is 11.1. The molecule has 2 aromatic heterocycles. The van der Waals surface area contributed by atoms with Gasteiger partial charge in [0, 0.05) is 24.7 Å². The fraction of sp³-hybridized carbons (Fsp3) is 0.0667. The minimum atomic E-state index is 0.245. The average Bonchev–Trinajstić information content (AvgIpc) is 2.96. The summed E-state index contributed by atoms with van der Waals surface area (Å²) in [6.07, 6.45) is 4.89. The van der Waals surface area contributed by atoms with Crippen LogP contribution in [0.2, 0.25) is 0 Å². The van der Waals surface area contributed by atoms with Gasteiger partial charge in [-0.05, 0) is 5.56 Å². The third-order valence-electron chi connectivity index (χ3n) is 2.88. The van der Waals surface area contributed by atoms with Crippen LogP contribution in [-0.2, 0) is 6.54 Å². The van der Waals surface area contributed by atoms with E-state index in [1.165, 1.54) is 18.0 Å². The van der Waals surface area contributed by atoms with Gasteiger partial charge in [0.05, 0.1) is 6.54 Å². The maximum Gasteiger partial charge on any atom is 0.183 e. The lowest BCUT2D eigenvalue weighted by atomic mass is 10.2. The molecule has 2 heterocycles. The molecule has 0 unspecified atom stereocenters. The summed E-state index contributed by atoms with van der Waals surface area (Å²) < 4.78 is 1.82. The van der Waals surface area contributed by atoms with Gasteiger partial charge in [0.15, 0.2) is 17.3 Å². The van der Waals surface area contributed by atoms with Gasteiger partial charge in [-0.15, -0.1) is 0 Å². The highest BCUT2D eigenvalue weighted by molar-refractivity contribution is 5.56. The fourth-order valence-electron chi connectivity index (χ4n) is 1.92. The zero-order chi connectivity index (χ0) is 14.5. The molecule has 0 amide bonds. The number of aromatic nitrogens is 4. The van der Waals surface area contributed by atoms with E-state index < -0.39 is 0 Å². The molecule has 21 heavy (non-hydrogen) atoms. The highest BCUT2D eigenvalue weighted by atomic mass is 15.3. The molecule has 0 atom stereocenters. The second kappa shape index (κ2) is 5.84. The maximum absolute atomic E-state index is 8.98. The molecular formula is C15H12N6. The van der Waals surface area contributed by atoms with Crippen LogP contribution in [0.5, 0.6) is 0 Å². The Morgan fingerprint density at radius 1 is 1.10 bits per heavy atom. The van der Waals surface area contributed by atoms with Crippen molar-refractivity contribution in [3.05, 3.63) is 66.2 Å². The molecule has 0 bridgehead atoms. The lowest BCUT2D eigenvalue weighted by Gasteiger charge is -2.03. The summed E-state index contributed by atoms with van der Waals surface area (Å²) in [5.41, 5.74) is 1.42. The number of hydrogen-bond acceptors (Lipinski definition) is 5. The van der Waals surface area contributed by atoms with Crippen LogP contribution >= 0.6 is 0 Å². The maximum atomic E-state index is 8.98. The van der Waals surface area contributed by atoms with Crippen molar-refractivity contribution in [2.24, 2.45) is 0 Å². The molecule has 0 spiro atoms. The summed E-state index contributed by atoms with van der Waals surface area (Å²) in [4.78, 5) is 8.04. The Morgan fingerprint density at radius 3 is 2.71 bits per heavy atom. The van der Waals surface area contributed by atoms with Gasteiger partial charge in [0.25, 0.3) is 0 Å². The van der Waals surface area contributed by atoms with E-state index in [1.807, 2.05) is 53.3 Å². The Balaban J connectivity index is 1.75. The molecule has 0 aliphatic carbocycles. The van der Waals surface area contributed by atoms with Crippen LogP contribution in [0, 0.1) is 11.3 Å². The third kappa shape index (κ3) is 3.04. The van der Waals surface area contributed by atoms with Crippen LogP contribution in [0.25, 0.3) is 0 Å². The largest absolute Gasteiger partial charge is 0.321 e. The molecular weight excluding hydrogens is 264 g/mol. The Bertz CT molecular complexity index is 772. The number of anilines is 2. The number of benzene rings is 1. The lowest BCUT2D eigenvalue weighted by Crippen LogP contribution is -2.02.